The third-order valence-corrected chi connectivity index (χ3v) is 4.84. The normalized spacial score (nSPS) is 13.8. The van der Waals surface area contributed by atoms with E-state index in [1.165, 1.54) is 12.1 Å². The SMILES string of the molecule is O=c1c2cc(OCc3ccc([N+](=O)[O-])cc3)ccc2nc2n1CCCCC2. The van der Waals surface area contributed by atoms with Gasteiger partial charge in [0.15, 0.2) is 0 Å². The van der Waals surface area contributed by atoms with Crippen LogP contribution in [0.4, 0.5) is 5.69 Å². The Bertz CT molecular complexity index is 1060. The number of nitro groups is 1. The van der Waals surface area contributed by atoms with Crippen molar-refractivity contribution < 1.29 is 9.66 Å². The smallest absolute Gasteiger partial charge is 0.269 e. The average Bonchev–Trinajstić information content (AvgIpc) is 2.93. The molecular formula is C20H19N3O4. The van der Waals surface area contributed by atoms with E-state index in [1.54, 1.807) is 28.8 Å². The maximum Gasteiger partial charge on any atom is 0.269 e. The molecule has 1 aliphatic rings. The molecule has 4 rings (SSSR count). The standard InChI is InChI=1S/C20H19N3O4/c24-20-17-12-16(27-13-14-5-7-15(8-6-14)23(25)26)9-10-18(17)21-19-4-2-1-3-11-22(19)20/h5-10,12H,1-4,11,13H2. The predicted octanol–water partition coefficient (Wildman–Crippen LogP) is 3.61. The van der Waals surface area contributed by atoms with Gasteiger partial charge in [0.05, 0.1) is 15.8 Å². The Kier molecular flexibility index (Phi) is 4.58. The molecular weight excluding hydrogens is 346 g/mol. The van der Waals surface area contributed by atoms with Gasteiger partial charge in [0.2, 0.25) is 0 Å². The fraction of sp³-hybridized carbons (Fsp3) is 0.300. The summed E-state index contributed by atoms with van der Waals surface area (Å²) in [5.41, 5.74) is 1.54. The highest BCUT2D eigenvalue weighted by atomic mass is 16.6. The number of aromatic nitrogens is 2. The number of aryl methyl sites for hydroxylation is 1. The van der Waals surface area contributed by atoms with Gasteiger partial charge in [-0.3, -0.25) is 19.5 Å². The van der Waals surface area contributed by atoms with Crippen LogP contribution in [-0.4, -0.2) is 14.5 Å². The van der Waals surface area contributed by atoms with Gasteiger partial charge in [-0.1, -0.05) is 6.42 Å². The zero-order valence-electron chi connectivity index (χ0n) is 14.8. The van der Waals surface area contributed by atoms with E-state index in [0.29, 0.717) is 23.2 Å². The summed E-state index contributed by atoms with van der Waals surface area (Å²) in [5.74, 6) is 1.44. The van der Waals surface area contributed by atoms with Crippen LogP contribution < -0.4 is 10.3 Å². The van der Waals surface area contributed by atoms with Gasteiger partial charge >= 0.3 is 0 Å². The second kappa shape index (κ2) is 7.19. The highest BCUT2D eigenvalue weighted by molar-refractivity contribution is 5.79. The fourth-order valence-corrected chi connectivity index (χ4v) is 3.37. The molecule has 0 unspecified atom stereocenters. The first-order valence-corrected chi connectivity index (χ1v) is 9.01. The van der Waals surface area contributed by atoms with Crippen molar-refractivity contribution in [3.05, 3.63) is 74.3 Å². The van der Waals surface area contributed by atoms with Crippen molar-refractivity contribution in [2.24, 2.45) is 0 Å². The molecule has 0 saturated carbocycles. The number of benzene rings is 2. The Labute approximate surface area is 155 Å². The summed E-state index contributed by atoms with van der Waals surface area (Å²) in [7, 11) is 0. The van der Waals surface area contributed by atoms with Gasteiger partial charge in [-0.25, -0.2) is 4.98 Å². The molecule has 0 fully saturated rings. The van der Waals surface area contributed by atoms with Crippen LogP contribution in [0.1, 0.15) is 30.7 Å². The van der Waals surface area contributed by atoms with Crippen LogP contribution in [0, 0.1) is 10.1 Å². The maximum atomic E-state index is 12.9. The monoisotopic (exact) mass is 365 g/mol. The minimum absolute atomic E-state index is 0.0160. The molecule has 7 heteroatoms. The number of rotatable bonds is 4. The molecule has 0 bridgehead atoms. The molecule has 2 aromatic carbocycles. The van der Waals surface area contributed by atoms with Gasteiger partial charge in [0.1, 0.15) is 18.2 Å². The topological polar surface area (TPSA) is 87.3 Å². The summed E-state index contributed by atoms with van der Waals surface area (Å²) in [5, 5.41) is 11.3. The van der Waals surface area contributed by atoms with Crippen molar-refractivity contribution in [1.29, 1.82) is 0 Å². The van der Waals surface area contributed by atoms with Crippen LogP contribution in [-0.2, 0) is 19.6 Å². The molecule has 0 N–H and O–H groups in total. The number of nitro benzene ring substituents is 1. The largest absolute Gasteiger partial charge is 0.489 e. The third-order valence-electron chi connectivity index (χ3n) is 4.84. The van der Waals surface area contributed by atoms with Gasteiger partial charge in [0.25, 0.3) is 11.2 Å². The van der Waals surface area contributed by atoms with Crippen molar-refractivity contribution in [1.82, 2.24) is 9.55 Å². The summed E-state index contributed by atoms with van der Waals surface area (Å²) in [6.45, 7) is 0.980. The second-order valence-electron chi connectivity index (χ2n) is 6.69. The Balaban J connectivity index is 1.58. The lowest BCUT2D eigenvalue weighted by atomic mass is 10.2. The fourth-order valence-electron chi connectivity index (χ4n) is 3.37. The molecule has 0 atom stereocenters. The molecule has 3 aromatic rings. The summed E-state index contributed by atoms with van der Waals surface area (Å²) >= 11 is 0. The number of non-ortho nitro benzene ring substituents is 1. The number of hydrogen-bond acceptors (Lipinski definition) is 5. The minimum atomic E-state index is -0.433. The molecule has 0 saturated heterocycles. The molecule has 0 radical (unpaired) electrons. The van der Waals surface area contributed by atoms with E-state index >= 15 is 0 Å². The second-order valence-corrected chi connectivity index (χ2v) is 6.69. The number of nitrogens with zero attached hydrogens (tertiary/aromatic N) is 3. The van der Waals surface area contributed by atoms with Gasteiger partial charge < -0.3 is 4.74 Å². The lowest BCUT2D eigenvalue weighted by molar-refractivity contribution is -0.384. The summed E-state index contributed by atoms with van der Waals surface area (Å²) < 4.78 is 7.57. The van der Waals surface area contributed by atoms with Crippen molar-refractivity contribution in [2.45, 2.75) is 38.8 Å². The van der Waals surface area contributed by atoms with E-state index in [-0.39, 0.29) is 17.9 Å². The molecule has 138 valence electrons. The highest BCUT2D eigenvalue weighted by Crippen LogP contribution is 2.21. The van der Waals surface area contributed by atoms with Crippen molar-refractivity contribution in [2.75, 3.05) is 0 Å². The lowest BCUT2D eigenvalue weighted by Crippen LogP contribution is -2.24. The Morgan fingerprint density at radius 2 is 1.93 bits per heavy atom. The van der Waals surface area contributed by atoms with Crippen LogP contribution in [0.3, 0.4) is 0 Å². The molecule has 0 amide bonds. The molecule has 1 aromatic heterocycles. The Morgan fingerprint density at radius 1 is 1.11 bits per heavy atom. The first-order valence-electron chi connectivity index (χ1n) is 9.01. The number of ether oxygens (including phenoxy) is 1. The van der Waals surface area contributed by atoms with E-state index < -0.39 is 4.92 Å². The minimum Gasteiger partial charge on any atom is -0.489 e. The summed E-state index contributed by atoms with van der Waals surface area (Å²) in [6.07, 6.45) is 4.01. The number of hydrogen-bond donors (Lipinski definition) is 0. The van der Waals surface area contributed by atoms with Crippen molar-refractivity contribution in [3.63, 3.8) is 0 Å². The van der Waals surface area contributed by atoms with Crippen LogP contribution in [0.25, 0.3) is 10.9 Å². The van der Waals surface area contributed by atoms with Crippen LogP contribution in [0.5, 0.6) is 5.75 Å². The van der Waals surface area contributed by atoms with Crippen LogP contribution >= 0.6 is 0 Å². The predicted molar refractivity (Wildman–Crippen MR) is 101 cm³/mol. The van der Waals surface area contributed by atoms with Crippen LogP contribution in [0.2, 0.25) is 0 Å². The van der Waals surface area contributed by atoms with Gasteiger partial charge in [-0.2, -0.15) is 0 Å². The van der Waals surface area contributed by atoms with Crippen molar-refractivity contribution >= 4 is 16.6 Å². The first kappa shape index (κ1) is 17.2. The Hall–Kier alpha value is -3.22. The molecule has 2 heterocycles. The maximum absolute atomic E-state index is 12.9. The summed E-state index contributed by atoms with van der Waals surface area (Å²) in [4.78, 5) is 27.8. The Morgan fingerprint density at radius 3 is 2.70 bits per heavy atom. The third kappa shape index (κ3) is 3.53. The molecule has 0 spiro atoms. The highest BCUT2D eigenvalue weighted by Gasteiger charge is 2.14. The van der Waals surface area contributed by atoms with E-state index in [4.69, 9.17) is 4.74 Å². The van der Waals surface area contributed by atoms with E-state index in [0.717, 1.165) is 37.1 Å². The van der Waals surface area contributed by atoms with Gasteiger partial charge in [-0.15, -0.1) is 0 Å². The van der Waals surface area contributed by atoms with E-state index in [2.05, 4.69) is 4.98 Å². The zero-order valence-corrected chi connectivity index (χ0v) is 14.8. The zero-order chi connectivity index (χ0) is 18.8. The average molecular weight is 365 g/mol. The first-order chi connectivity index (χ1) is 13.1. The number of fused-ring (bicyclic) bond motifs is 2. The molecule has 7 nitrogen and oxygen atoms in total. The summed E-state index contributed by atoms with van der Waals surface area (Å²) in [6, 6.07) is 11.6. The van der Waals surface area contributed by atoms with E-state index in [9.17, 15) is 14.9 Å². The quantitative estimate of drug-likeness (QED) is 0.521. The molecule has 27 heavy (non-hydrogen) atoms. The van der Waals surface area contributed by atoms with Crippen LogP contribution in [0.15, 0.2) is 47.3 Å². The van der Waals surface area contributed by atoms with Gasteiger partial charge in [0, 0.05) is 25.1 Å². The molecule has 1 aliphatic heterocycles. The lowest BCUT2D eigenvalue weighted by Gasteiger charge is -2.11. The van der Waals surface area contributed by atoms with Gasteiger partial charge in [-0.05, 0) is 48.7 Å². The van der Waals surface area contributed by atoms with E-state index in [1.807, 2.05) is 6.07 Å². The van der Waals surface area contributed by atoms with Crippen molar-refractivity contribution in [3.8, 4) is 5.75 Å². The molecule has 0 aliphatic carbocycles.